The summed E-state index contributed by atoms with van der Waals surface area (Å²) < 4.78 is 6.12. The van der Waals surface area contributed by atoms with Crippen molar-refractivity contribution in [2.45, 2.75) is 6.61 Å². The van der Waals surface area contributed by atoms with Crippen molar-refractivity contribution in [1.29, 1.82) is 0 Å². The van der Waals surface area contributed by atoms with Gasteiger partial charge in [0.25, 0.3) is 0 Å². The van der Waals surface area contributed by atoms with Crippen LogP contribution in [-0.4, -0.2) is 24.1 Å². The summed E-state index contributed by atoms with van der Waals surface area (Å²) >= 11 is 3.42. The summed E-state index contributed by atoms with van der Waals surface area (Å²) in [5, 5.41) is 3.03. The molecule has 0 amide bonds. The van der Waals surface area contributed by atoms with Crippen LogP contribution in [0.5, 0.6) is 0 Å². The minimum absolute atomic E-state index is 0.402. The molecule has 0 radical (unpaired) electrons. The zero-order valence-electron chi connectivity index (χ0n) is 10.3. The van der Waals surface area contributed by atoms with Crippen molar-refractivity contribution >= 4 is 21.7 Å². The summed E-state index contributed by atoms with van der Waals surface area (Å²) in [4.78, 5) is 8.81. The van der Waals surface area contributed by atoms with Crippen LogP contribution in [0.3, 0.4) is 0 Å². The highest BCUT2D eigenvalue weighted by molar-refractivity contribution is 9.10. The van der Waals surface area contributed by atoms with Gasteiger partial charge in [0.05, 0.1) is 5.69 Å². The number of hydrogen-bond donors (Lipinski definition) is 1. The van der Waals surface area contributed by atoms with Crippen molar-refractivity contribution in [2.75, 3.05) is 19.5 Å². The molecule has 1 heterocycles. The van der Waals surface area contributed by atoms with Crippen LogP contribution >= 0.6 is 15.9 Å². The minimum Gasteiger partial charge on any atom is -0.377 e. The van der Waals surface area contributed by atoms with E-state index >= 15 is 0 Å². The van der Waals surface area contributed by atoms with Gasteiger partial charge in [-0.1, -0.05) is 28.1 Å². The fraction of sp³-hybridized carbons (Fsp3) is 0.231. The Morgan fingerprint density at radius 2 is 1.94 bits per heavy atom. The molecule has 0 fully saturated rings. The van der Waals surface area contributed by atoms with Crippen molar-refractivity contribution < 1.29 is 4.74 Å². The van der Waals surface area contributed by atoms with E-state index in [4.69, 9.17) is 4.74 Å². The Morgan fingerprint density at radius 3 is 2.56 bits per heavy atom. The van der Waals surface area contributed by atoms with E-state index in [0.717, 1.165) is 21.5 Å². The number of halogens is 1. The number of nitrogens with one attached hydrogen (secondary N) is 1. The molecule has 1 aromatic heterocycles. The molecule has 0 aliphatic rings. The highest BCUT2D eigenvalue weighted by atomic mass is 79.9. The number of nitrogens with zero attached hydrogens (tertiary/aromatic N) is 2. The molecule has 0 spiro atoms. The molecule has 0 saturated carbocycles. The van der Waals surface area contributed by atoms with Crippen molar-refractivity contribution in [1.82, 2.24) is 9.97 Å². The van der Waals surface area contributed by atoms with Gasteiger partial charge in [-0.25, -0.2) is 9.97 Å². The molecule has 0 bridgehead atoms. The van der Waals surface area contributed by atoms with E-state index < -0.39 is 0 Å². The Bertz CT molecular complexity index is 528. The molecule has 5 heteroatoms. The lowest BCUT2D eigenvalue weighted by Crippen LogP contribution is -2.02. The van der Waals surface area contributed by atoms with Crippen molar-refractivity contribution in [3.8, 4) is 11.3 Å². The normalized spacial score (nSPS) is 10.4. The molecule has 1 N–H and O–H groups in total. The molecule has 0 unspecified atom stereocenters. The Kier molecular flexibility index (Phi) is 4.28. The van der Waals surface area contributed by atoms with Crippen molar-refractivity contribution in [3.05, 3.63) is 40.6 Å². The molecule has 0 saturated heterocycles. The average Bonchev–Trinajstić information content (AvgIpc) is 2.39. The van der Waals surface area contributed by atoms with Gasteiger partial charge in [0.1, 0.15) is 12.4 Å². The number of methoxy groups -OCH3 is 1. The van der Waals surface area contributed by atoms with E-state index in [-0.39, 0.29) is 0 Å². The molecule has 18 heavy (non-hydrogen) atoms. The van der Waals surface area contributed by atoms with Gasteiger partial charge in [0.15, 0.2) is 5.82 Å². The topological polar surface area (TPSA) is 47.0 Å². The maximum atomic E-state index is 5.08. The smallest absolute Gasteiger partial charge is 0.157 e. The van der Waals surface area contributed by atoms with Crippen molar-refractivity contribution in [2.24, 2.45) is 0 Å². The first-order valence-corrected chi connectivity index (χ1v) is 6.33. The summed E-state index contributed by atoms with van der Waals surface area (Å²) in [6, 6.07) is 9.94. The predicted octanol–water partition coefficient (Wildman–Crippen LogP) is 3.09. The zero-order valence-corrected chi connectivity index (χ0v) is 11.9. The van der Waals surface area contributed by atoms with E-state index in [2.05, 4.69) is 31.2 Å². The van der Waals surface area contributed by atoms with Crippen LogP contribution < -0.4 is 5.32 Å². The first-order chi connectivity index (χ1) is 8.72. The van der Waals surface area contributed by atoms with E-state index in [0.29, 0.717) is 12.4 Å². The van der Waals surface area contributed by atoms with Crippen LogP contribution in [0, 0.1) is 0 Å². The van der Waals surface area contributed by atoms with Crippen LogP contribution in [-0.2, 0) is 11.3 Å². The van der Waals surface area contributed by atoms with Gasteiger partial charge in [-0.3, -0.25) is 0 Å². The Labute approximate surface area is 115 Å². The first-order valence-electron chi connectivity index (χ1n) is 5.53. The maximum absolute atomic E-state index is 5.08. The molecule has 2 aromatic rings. The molecule has 0 atom stereocenters. The number of hydrogen-bond acceptors (Lipinski definition) is 4. The number of rotatable bonds is 4. The molecular formula is C13H14BrN3O. The third kappa shape index (κ3) is 3.05. The molecule has 0 aliphatic carbocycles. The summed E-state index contributed by atoms with van der Waals surface area (Å²) in [6.07, 6.45) is 0. The standard InChI is InChI=1S/C13H14BrN3O/c1-15-12-7-11(16-13(17-12)8-18-2)9-3-5-10(14)6-4-9/h3-7H,8H2,1-2H3,(H,15,16,17). The SMILES string of the molecule is CNc1cc(-c2ccc(Br)cc2)nc(COC)n1. The average molecular weight is 308 g/mol. The summed E-state index contributed by atoms with van der Waals surface area (Å²) in [5.74, 6) is 1.46. The predicted molar refractivity (Wildman–Crippen MR) is 75.4 cm³/mol. The molecule has 4 nitrogen and oxygen atoms in total. The highest BCUT2D eigenvalue weighted by Gasteiger charge is 2.05. The number of anilines is 1. The second-order valence-electron chi connectivity index (χ2n) is 3.74. The van der Waals surface area contributed by atoms with Crippen molar-refractivity contribution in [3.63, 3.8) is 0 Å². The summed E-state index contributed by atoms with van der Waals surface area (Å²) in [6.45, 7) is 0.402. The van der Waals surface area contributed by atoms with Gasteiger partial charge in [-0.2, -0.15) is 0 Å². The Morgan fingerprint density at radius 1 is 1.22 bits per heavy atom. The molecule has 94 valence electrons. The van der Waals surface area contributed by atoms with Gasteiger partial charge in [0.2, 0.25) is 0 Å². The lowest BCUT2D eigenvalue weighted by molar-refractivity contribution is 0.178. The zero-order chi connectivity index (χ0) is 13.0. The second kappa shape index (κ2) is 5.93. The van der Waals surface area contributed by atoms with Crippen LogP contribution in [0.15, 0.2) is 34.8 Å². The van der Waals surface area contributed by atoms with Gasteiger partial charge in [0, 0.05) is 30.3 Å². The quantitative estimate of drug-likeness (QED) is 0.943. The van der Waals surface area contributed by atoms with Crippen LogP contribution in [0.1, 0.15) is 5.82 Å². The molecule has 0 aliphatic heterocycles. The first kappa shape index (κ1) is 13.0. The summed E-state index contributed by atoms with van der Waals surface area (Å²) in [5.41, 5.74) is 1.93. The van der Waals surface area contributed by atoms with E-state index in [9.17, 15) is 0 Å². The summed E-state index contributed by atoms with van der Waals surface area (Å²) in [7, 11) is 3.47. The number of aromatic nitrogens is 2. The number of ether oxygens (including phenoxy) is 1. The third-order valence-corrected chi connectivity index (χ3v) is 2.97. The lowest BCUT2D eigenvalue weighted by Gasteiger charge is -2.07. The van der Waals surface area contributed by atoms with E-state index in [1.165, 1.54) is 0 Å². The van der Waals surface area contributed by atoms with Gasteiger partial charge < -0.3 is 10.1 Å². The van der Waals surface area contributed by atoms with Crippen LogP contribution in [0.25, 0.3) is 11.3 Å². The lowest BCUT2D eigenvalue weighted by atomic mass is 10.1. The maximum Gasteiger partial charge on any atom is 0.157 e. The van der Waals surface area contributed by atoms with E-state index in [1.807, 2.05) is 37.4 Å². The number of benzene rings is 1. The molecule has 1 aromatic carbocycles. The van der Waals surface area contributed by atoms with Crippen LogP contribution in [0.4, 0.5) is 5.82 Å². The fourth-order valence-electron chi connectivity index (χ4n) is 1.59. The Balaban J connectivity index is 2.42. The third-order valence-electron chi connectivity index (χ3n) is 2.44. The Hall–Kier alpha value is -1.46. The van der Waals surface area contributed by atoms with Gasteiger partial charge >= 0.3 is 0 Å². The van der Waals surface area contributed by atoms with Gasteiger partial charge in [-0.15, -0.1) is 0 Å². The van der Waals surface area contributed by atoms with E-state index in [1.54, 1.807) is 7.11 Å². The minimum atomic E-state index is 0.402. The molecule has 2 rings (SSSR count). The monoisotopic (exact) mass is 307 g/mol. The van der Waals surface area contributed by atoms with Crippen LogP contribution in [0.2, 0.25) is 0 Å². The second-order valence-corrected chi connectivity index (χ2v) is 4.66. The largest absolute Gasteiger partial charge is 0.377 e. The highest BCUT2D eigenvalue weighted by Crippen LogP contribution is 2.22. The van der Waals surface area contributed by atoms with Gasteiger partial charge in [-0.05, 0) is 12.1 Å². The molecular weight excluding hydrogens is 294 g/mol. The fourth-order valence-corrected chi connectivity index (χ4v) is 1.85.